The highest BCUT2D eigenvalue weighted by molar-refractivity contribution is 14.1. The zero-order valence-electron chi connectivity index (χ0n) is 14.5. The number of carboxylic acids is 2. The summed E-state index contributed by atoms with van der Waals surface area (Å²) >= 11 is 3.46. The SMILES string of the molecule is CC(=O)CC[C@H](NC(=O)O[C@@H](CSCc1ccc([125I])cc1)C(=O)O)C(=O)O. The lowest BCUT2D eigenvalue weighted by atomic mass is 10.1. The number of carbonyl (C=O) groups excluding carboxylic acids is 2. The Kier molecular flexibility index (Phi) is 10.1. The summed E-state index contributed by atoms with van der Waals surface area (Å²) in [5.74, 6) is -2.31. The van der Waals surface area contributed by atoms with Gasteiger partial charge in [-0.1, -0.05) is 12.1 Å². The highest BCUT2D eigenvalue weighted by Gasteiger charge is 2.26. The van der Waals surface area contributed by atoms with E-state index >= 15 is 0 Å². The molecule has 0 aromatic heterocycles. The van der Waals surface area contributed by atoms with Crippen LogP contribution in [0.1, 0.15) is 25.3 Å². The van der Waals surface area contributed by atoms with Crippen molar-refractivity contribution in [3.63, 3.8) is 0 Å². The van der Waals surface area contributed by atoms with Crippen molar-refractivity contribution >= 4 is 58.2 Å². The van der Waals surface area contributed by atoms with Crippen molar-refractivity contribution in [2.75, 3.05) is 5.75 Å². The fourth-order valence-electron chi connectivity index (χ4n) is 1.93. The van der Waals surface area contributed by atoms with E-state index in [9.17, 15) is 24.3 Å². The number of nitrogens with one attached hydrogen (secondary N) is 1. The largest absolute Gasteiger partial charge is 0.480 e. The summed E-state index contributed by atoms with van der Waals surface area (Å²) in [7, 11) is 0. The Hall–Kier alpha value is -1.82. The van der Waals surface area contributed by atoms with Crippen molar-refractivity contribution in [3.8, 4) is 0 Å². The van der Waals surface area contributed by atoms with E-state index in [1.54, 1.807) is 0 Å². The average Bonchev–Trinajstić information content (AvgIpc) is 2.58. The van der Waals surface area contributed by atoms with Gasteiger partial charge in [0.25, 0.3) is 0 Å². The smallest absolute Gasteiger partial charge is 0.408 e. The quantitative estimate of drug-likeness (QED) is 0.390. The number of amides is 1. The molecule has 0 aliphatic heterocycles. The summed E-state index contributed by atoms with van der Waals surface area (Å²) in [5, 5.41) is 20.3. The summed E-state index contributed by atoms with van der Waals surface area (Å²) in [6.07, 6.45) is -2.68. The Morgan fingerprint density at radius 2 is 1.78 bits per heavy atom. The van der Waals surface area contributed by atoms with Gasteiger partial charge in [0.15, 0.2) is 0 Å². The number of thioether (sulfide) groups is 1. The normalized spacial score (nSPS) is 12.7. The first kappa shape index (κ1) is 23.2. The molecule has 1 amide bonds. The Morgan fingerprint density at radius 3 is 2.30 bits per heavy atom. The Balaban J connectivity index is 2.52. The number of carbonyl (C=O) groups is 4. The molecule has 0 saturated heterocycles. The predicted octanol–water partition coefficient (Wildman–Crippen LogP) is 2.53. The lowest BCUT2D eigenvalue weighted by Crippen LogP contribution is -2.44. The lowest BCUT2D eigenvalue weighted by Gasteiger charge is -2.17. The van der Waals surface area contributed by atoms with Crippen LogP contribution in [0.25, 0.3) is 0 Å². The van der Waals surface area contributed by atoms with Gasteiger partial charge in [-0.25, -0.2) is 14.4 Å². The van der Waals surface area contributed by atoms with Crippen molar-refractivity contribution in [2.45, 2.75) is 37.7 Å². The van der Waals surface area contributed by atoms with Crippen LogP contribution in [0.4, 0.5) is 4.79 Å². The van der Waals surface area contributed by atoms with Crippen molar-refractivity contribution in [1.29, 1.82) is 0 Å². The van der Waals surface area contributed by atoms with Crippen LogP contribution in [-0.2, 0) is 24.9 Å². The van der Waals surface area contributed by atoms with Gasteiger partial charge in [0, 0.05) is 21.5 Å². The summed E-state index contributed by atoms with van der Waals surface area (Å²) in [5.41, 5.74) is 1.00. The summed E-state index contributed by atoms with van der Waals surface area (Å²) < 4.78 is 5.92. The molecule has 2 atom stereocenters. The number of rotatable bonds is 11. The van der Waals surface area contributed by atoms with Gasteiger partial charge in [-0.3, -0.25) is 0 Å². The van der Waals surface area contributed by atoms with Crippen molar-refractivity contribution in [2.24, 2.45) is 0 Å². The van der Waals surface area contributed by atoms with E-state index in [4.69, 9.17) is 9.84 Å². The van der Waals surface area contributed by atoms with E-state index < -0.39 is 30.2 Å². The molecule has 0 radical (unpaired) electrons. The fourth-order valence-corrected chi connectivity index (χ4v) is 3.26. The van der Waals surface area contributed by atoms with Gasteiger partial charge in [0.05, 0.1) is 0 Å². The maximum Gasteiger partial charge on any atom is 0.408 e. The van der Waals surface area contributed by atoms with Gasteiger partial charge >= 0.3 is 18.0 Å². The third kappa shape index (κ3) is 9.61. The molecule has 27 heavy (non-hydrogen) atoms. The second-order valence-corrected chi connectivity index (χ2v) is 7.93. The van der Waals surface area contributed by atoms with Gasteiger partial charge in [0.1, 0.15) is 11.8 Å². The molecular weight excluding hydrogens is 487 g/mol. The molecule has 8 nitrogen and oxygen atoms in total. The third-order valence-electron chi connectivity index (χ3n) is 3.35. The van der Waals surface area contributed by atoms with Gasteiger partial charge in [-0.05, 0) is 53.6 Å². The number of carboxylic acid groups (broad SMARTS) is 2. The van der Waals surface area contributed by atoms with Crippen LogP contribution in [0.3, 0.4) is 0 Å². The van der Waals surface area contributed by atoms with Gasteiger partial charge in [-0.2, -0.15) is 11.8 Å². The number of hydrogen-bond donors (Lipinski definition) is 3. The summed E-state index contributed by atoms with van der Waals surface area (Å²) in [4.78, 5) is 45.2. The standard InChI is InChI=1S/C17H20INO7S/c1-10(20)2-7-13(15(21)22)19-17(25)26-14(16(23)24)9-27-8-11-3-5-12(18)6-4-11/h3-6,13-14H,2,7-9H2,1H3,(H,19,25)(H,21,22)(H,23,24)/t13-,14-/m0/s1/i18-2. The van der Waals surface area contributed by atoms with Crippen LogP contribution >= 0.6 is 34.4 Å². The number of ketones is 1. The van der Waals surface area contributed by atoms with Gasteiger partial charge in [0.2, 0.25) is 6.10 Å². The van der Waals surface area contributed by atoms with E-state index in [0.717, 1.165) is 9.13 Å². The van der Waals surface area contributed by atoms with Gasteiger partial charge < -0.3 is 25.1 Å². The molecule has 0 aliphatic carbocycles. The van der Waals surface area contributed by atoms with Crippen LogP contribution in [0.2, 0.25) is 0 Å². The van der Waals surface area contributed by atoms with Crippen LogP contribution in [0.5, 0.6) is 0 Å². The Bertz CT molecular complexity index is 680. The molecule has 0 bridgehead atoms. The van der Waals surface area contributed by atoms with E-state index in [1.165, 1.54) is 18.7 Å². The molecule has 148 valence electrons. The molecular formula is C17H20INO7S. The Morgan fingerprint density at radius 1 is 1.15 bits per heavy atom. The molecule has 1 rings (SSSR count). The number of benzene rings is 1. The van der Waals surface area contributed by atoms with Crippen LogP contribution in [0.15, 0.2) is 24.3 Å². The third-order valence-corrected chi connectivity index (χ3v) is 5.15. The van der Waals surface area contributed by atoms with Gasteiger partial charge in [-0.15, -0.1) is 0 Å². The summed E-state index contributed by atoms with van der Waals surface area (Å²) in [6.45, 7) is 1.31. The van der Waals surface area contributed by atoms with Crippen molar-refractivity contribution < 1.29 is 34.1 Å². The van der Waals surface area contributed by atoms with E-state index in [0.29, 0.717) is 5.75 Å². The molecule has 0 fully saturated rings. The first-order chi connectivity index (χ1) is 12.7. The number of aliphatic carboxylic acids is 2. The average molecular weight is 507 g/mol. The predicted molar refractivity (Wildman–Crippen MR) is 108 cm³/mol. The van der Waals surface area contributed by atoms with E-state index in [-0.39, 0.29) is 24.4 Å². The molecule has 3 N–H and O–H groups in total. The molecule has 10 heteroatoms. The maximum absolute atomic E-state index is 11.8. The maximum atomic E-state index is 11.8. The number of alkyl carbamates (subject to hydrolysis) is 1. The second-order valence-electron chi connectivity index (χ2n) is 5.65. The molecule has 0 spiro atoms. The first-order valence-corrected chi connectivity index (χ1v) is 10.2. The monoisotopic (exact) mass is 507 g/mol. The highest BCUT2D eigenvalue weighted by Crippen LogP contribution is 2.16. The van der Waals surface area contributed by atoms with Crippen molar-refractivity contribution in [3.05, 3.63) is 33.4 Å². The Labute approximate surface area is 174 Å². The molecule has 1 aromatic carbocycles. The second kappa shape index (κ2) is 11.8. The number of Topliss-reactive ketones (excluding diaryl/α,β-unsaturated/α-hetero) is 1. The van der Waals surface area contributed by atoms with Crippen molar-refractivity contribution in [1.82, 2.24) is 5.32 Å². The minimum absolute atomic E-state index is 0.0138. The first-order valence-electron chi connectivity index (χ1n) is 7.93. The zero-order chi connectivity index (χ0) is 20.4. The number of halogens is 1. The van der Waals surface area contributed by atoms with Crippen LogP contribution in [-0.4, -0.2) is 51.9 Å². The molecule has 1 aromatic rings. The molecule has 0 heterocycles. The van der Waals surface area contributed by atoms with E-state index in [2.05, 4.69) is 27.9 Å². The highest BCUT2D eigenvalue weighted by atomic mass is 125. The molecule has 0 aliphatic rings. The molecule has 0 saturated carbocycles. The summed E-state index contributed by atoms with van der Waals surface area (Å²) in [6, 6.07) is 6.38. The van der Waals surface area contributed by atoms with E-state index in [1.807, 2.05) is 24.3 Å². The number of ether oxygens (including phenoxy) is 1. The van der Waals surface area contributed by atoms with Crippen LogP contribution < -0.4 is 5.32 Å². The molecule has 0 unspecified atom stereocenters. The van der Waals surface area contributed by atoms with Crippen LogP contribution in [0, 0.1) is 3.57 Å². The minimum Gasteiger partial charge on any atom is -0.480 e. The fraction of sp³-hybridized carbons (Fsp3) is 0.412. The minimum atomic E-state index is -1.42. The lowest BCUT2D eigenvalue weighted by molar-refractivity contribution is -0.145. The zero-order valence-corrected chi connectivity index (χ0v) is 17.5. The number of hydrogen-bond acceptors (Lipinski definition) is 6. The topological polar surface area (TPSA) is 130 Å².